The van der Waals surface area contributed by atoms with Crippen molar-refractivity contribution in [1.29, 1.82) is 0 Å². The molecule has 0 saturated heterocycles. The number of rotatable bonds is 28. The van der Waals surface area contributed by atoms with Gasteiger partial charge in [-0.15, -0.1) is 0 Å². The minimum atomic E-state index is -0.939. The minimum Gasteiger partial charge on any atom is -0.493 e. The highest BCUT2D eigenvalue weighted by atomic mass is 16.5. The number of quaternary nitrogens is 2. The van der Waals surface area contributed by atoms with Gasteiger partial charge in [0.2, 0.25) is 0 Å². The average molecular weight is 1070 g/mol. The molecule has 0 bridgehead atoms. The highest BCUT2D eigenvalue weighted by molar-refractivity contribution is 6.02. The van der Waals surface area contributed by atoms with Gasteiger partial charge in [0, 0.05) is 48.6 Å². The number of fused-ring (bicyclic) bond motifs is 2. The van der Waals surface area contributed by atoms with E-state index in [2.05, 4.69) is 14.1 Å². The fourth-order valence-corrected chi connectivity index (χ4v) is 11.8. The number of ketones is 2. The maximum atomic E-state index is 14.2. The molecule has 0 amide bonds. The molecule has 0 aromatic heterocycles. The molecule has 77 heavy (non-hydrogen) atoms. The Morgan fingerprint density at radius 2 is 0.792 bits per heavy atom. The van der Waals surface area contributed by atoms with Gasteiger partial charge in [0.05, 0.1) is 110 Å². The smallest absolute Gasteiger partial charge is 0.322 e. The third kappa shape index (κ3) is 12.8. The Labute approximate surface area is 454 Å². The van der Waals surface area contributed by atoms with E-state index < -0.39 is 23.8 Å². The number of carbonyl (C=O) groups excluding carboxylic acids is 4. The number of esters is 2. The lowest BCUT2D eigenvalue weighted by molar-refractivity contribution is -0.942. The molecule has 8 rings (SSSR count). The summed E-state index contributed by atoms with van der Waals surface area (Å²) < 4.78 is 58.2. The molecule has 2 fully saturated rings. The predicted molar refractivity (Wildman–Crippen MR) is 289 cm³/mol. The van der Waals surface area contributed by atoms with Gasteiger partial charge < -0.3 is 56.3 Å². The number of carbonyl (C=O) groups is 4. The second-order valence-electron chi connectivity index (χ2n) is 21.8. The number of hydrogen-bond acceptors (Lipinski definition) is 14. The molecule has 16 nitrogen and oxygen atoms in total. The normalized spacial score (nSPS) is 21.3. The van der Waals surface area contributed by atoms with E-state index in [-0.39, 0.29) is 61.8 Å². The van der Waals surface area contributed by atoms with Gasteiger partial charge >= 0.3 is 11.9 Å². The van der Waals surface area contributed by atoms with Gasteiger partial charge in [-0.1, -0.05) is 12.1 Å². The quantitative estimate of drug-likeness (QED) is 0.0231. The van der Waals surface area contributed by atoms with E-state index in [0.717, 1.165) is 59.1 Å². The monoisotopic (exact) mass is 1060 g/mol. The summed E-state index contributed by atoms with van der Waals surface area (Å²) in [5.74, 6) is 1.73. The van der Waals surface area contributed by atoms with Gasteiger partial charge in [-0.2, -0.15) is 0 Å². The summed E-state index contributed by atoms with van der Waals surface area (Å²) in [7, 11) is 17.2. The van der Waals surface area contributed by atoms with Crippen molar-refractivity contribution in [3.05, 3.63) is 94.0 Å². The number of likely N-dealkylation sites (N-methyl/N-ethyl adjacent to an activating group) is 2. The number of nitrogens with zero attached hydrogens (tertiary/aromatic N) is 2. The second kappa shape index (κ2) is 24.9. The Balaban J connectivity index is 0.918. The SMILES string of the molecule is COc1ccc(C[C@@H]2c3cc(OC)c(OC)cc3CC[N+]2(C)CC(C(=O)OCCCCCOC(=O)C(C[N+]2(C)CCc3cc(OC)c(OC)cc3[C@H]2Cc2ccc(OC)c(OC)c2)C(=O)C2CC2)C(=O)C2CC2)cc1OC. The van der Waals surface area contributed by atoms with Gasteiger partial charge in [-0.3, -0.25) is 19.2 Å². The van der Waals surface area contributed by atoms with E-state index in [9.17, 15) is 19.2 Å². The zero-order valence-electron chi connectivity index (χ0n) is 46.9. The Kier molecular flexibility index (Phi) is 18.3. The van der Waals surface area contributed by atoms with Crippen molar-refractivity contribution in [2.75, 3.05) is 110 Å². The summed E-state index contributed by atoms with van der Waals surface area (Å²) in [4.78, 5) is 56.7. The lowest BCUT2D eigenvalue weighted by Crippen LogP contribution is -2.56. The second-order valence-corrected chi connectivity index (χ2v) is 21.8. The molecule has 16 heteroatoms. The van der Waals surface area contributed by atoms with Crippen molar-refractivity contribution < 1.29 is 75.5 Å². The summed E-state index contributed by atoms with van der Waals surface area (Å²) in [6.45, 7) is 2.17. The topological polar surface area (TPSA) is 161 Å². The zero-order chi connectivity index (χ0) is 55.0. The number of unbranched alkanes of at least 4 members (excludes halogenated alkanes) is 2. The van der Waals surface area contributed by atoms with Crippen molar-refractivity contribution >= 4 is 23.5 Å². The number of Topliss-reactive ketones (excluding diaryl/α,β-unsaturated/α-hetero) is 2. The lowest BCUT2D eigenvalue weighted by Gasteiger charge is -2.47. The molecule has 4 aromatic carbocycles. The first kappa shape index (κ1) is 56.7. The van der Waals surface area contributed by atoms with Crippen LogP contribution in [0.5, 0.6) is 46.0 Å². The zero-order valence-corrected chi connectivity index (χ0v) is 46.9. The van der Waals surface area contributed by atoms with Crippen LogP contribution >= 0.6 is 0 Å². The van der Waals surface area contributed by atoms with Crippen LogP contribution in [0.3, 0.4) is 0 Å². The van der Waals surface area contributed by atoms with E-state index >= 15 is 0 Å². The van der Waals surface area contributed by atoms with E-state index in [1.165, 1.54) is 0 Å². The lowest BCUT2D eigenvalue weighted by atomic mass is 9.84. The summed E-state index contributed by atoms with van der Waals surface area (Å²) in [6, 6.07) is 19.7. The van der Waals surface area contributed by atoms with Gasteiger partial charge in [0.1, 0.15) is 12.1 Å². The van der Waals surface area contributed by atoms with Crippen LogP contribution in [-0.2, 0) is 54.3 Å². The van der Waals surface area contributed by atoms with E-state index in [4.69, 9.17) is 47.4 Å². The van der Waals surface area contributed by atoms with Crippen LogP contribution in [0.1, 0.15) is 90.4 Å². The summed E-state index contributed by atoms with van der Waals surface area (Å²) in [5, 5.41) is 0. The summed E-state index contributed by atoms with van der Waals surface area (Å²) in [6.07, 6.45) is 7.33. The molecule has 2 heterocycles. The number of hydrogen-bond donors (Lipinski definition) is 0. The minimum absolute atomic E-state index is 0.0586. The molecule has 0 N–H and O–H groups in total. The molecule has 4 aromatic rings. The first-order valence-corrected chi connectivity index (χ1v) is 27.2. The Bertz CT molecular complexity index is 2590. The summed E-state index contributed by atoms with van der Waals surface area (Å²) >= 11 is 0. The van der Waals surface area contributed by atoms with Crippen molar-refractivity contribution in [1.82, 2.24) is 0 Å². The number of methoxy groups -OCH3 is 8. The molecule has 2 saturated carbocycles. The number of ether oxygens (including phenoxy) is 10. The van der Waals surface area contributed by atoms with Gasteiger partial charge in [-0.05, 0) is 116 Å². The molecule has 2 aliphatic carbocycles. The molecule has 6 atom stereocenters. The molecular weight excluding hydrogens is 985 g/mol. The highest BCUT2D eigenvalue weighted by Gasteiger charge is 2.50. The van der Waals surface area contributed by atoms with Crippen LogP contribution in [0.2, 0.25) is 0 Å². The molecule has 416 valence electrons. The van der Waals surface area contributed by atoms with Crippen LogP contribution in [0, 0.1) is 23.7 Å². The van der Waals surface area contributed by atoms with E-state index in [1.807, 2.05) is 60.7 Å². The molecule has 0 radical (unpaired) electrons. The van der Waals surface area contributed by atoms with Crippen molar-refractivity contribution in [2.45, 2.75) is 82.7 Å². The van der Waals surface area contributed by atoms with Crippen LogP contribution in [0.4, 0.5) is 0 Å². The van der Waals surface area contributed by atoms with Crippen LogP contribution in [0.25, 0.3) is 0 Å². The first-order valence-electron chi connectivity index (χ1n) is 27.2. The van der Waals surface area contributed by atoms with Gasteiger partial charge in [-0.25, -0.2) is 0 Å². The number of benzene rings is 4. The summed E-state index contributed by atoms with van der Waals surface area (Å²) in [5.41, 5.74) is 6.46. The largest absolute Gasteiger partial charge is 0.493 e. The van der Waals surface area contributed by atoms with E-state index in [0.29, 0.717) is 113 Å². The average Bonchev–Trinajstić information content (AvgIpc) is 4.41. The molecular formula is C61H80N2O14+2. The fraction of sp³-hybridized carbons (Fsp3) is 0.541. The third-order valence-corrected chi connectivity index (χ3v) is 16.7. The van der Waals surface area contributed by atoms with Gasteiger partial charge in [0.15, 0.2) is 69.4 Å². The molecule has 4 aliphatic rings. The molecule has 0 spiro atoms. The fourth-order valence-electron chi connectivity index (χ4n) is 11.8. The maximum Gasteiger partial charge on any atom is 0.322 e. The van der Waals surface area contributed by atoms with Crippen molar-refractivity contribution in [2.24, 2.45) is 23.7 Å². The van der Waals surface area contributed by atoms with Crippen molar-refractivity contribution in [3.63, 3.8) is 0 Å². The first-order chi connectivity index (χ1) is 37.1. The van der Waals surface area contributed by atoms with Crippen LogP contribution in [0.15, 0.2) is 60.7 Å². The van der Waals surface area contributed by atoms with Crippen LogP contribution < -0.4 is 37.9 Å². The highest BCUT2D eigenvalue weighted by Crippen LogP contribution is 2.47. The maximum absolute atomic E-state index is 14.2. The third-order valence-electron chi connectivity index (χ3n) is 16.7. The molecule has 4 unspecified atom stereocenters. The Hall–Kier alpha value is -6.52. The predicted octanol–water partition coefficient (Wildman–Crippen LogP) is 8.48. The van der Waals surface area contributed by atoms with Crippen molar-refractivity contribution in [3.8, 4) is 46.0 Å². The Morgan fingerprint density at radius 3 is 1.13 bits per heavy atom. The standard InChI is InChI=1S/C61H80N2O14/c1-62(24-22-42-32-54(72-7)56(74-9)34-44(42)48(62)28-38-14-20-50(68-3)52(30-38)70-5)36-46(58(64)40-16-17-40)60(66)76-26-12-11-13-27-77-61(67)47(59(65)41-18-19-41)37-63(2)25-23-43-33-55(73-8)57(75-10)35-45(43)49(63)29-39-15-21-51(69-4)53(31-39)71-6/h14-15,20-21,30-35,40-41,46-49H,11-13,16-19,22-29,36-37H2,1-10H3/q+2/t46?,47?,48-,49-,62?,63?/m1/s1. The van der Waals surface area contributed by atoms with Gasteiger partial charge in [0.25, 0.3) is 0 Å². The van der Waals surface area contributed by atoms with Crippen LogP contribution in [-0.4, -0.2) is 143 Å². The molecule has 2 aliphatic heterocycles. The van der Waals surface area contributed by atoms with E-state index in [1.54, 1.807) is 56.9 Å². The Morgan fingerprint density at radius 1 is 0.455 bits per heavy atom.